The highest BCUT2D eigenvalue weighted by Gasteiger charge is 2.34. The molecular formula is C17H27N. The standard InChI is InChI=1S/C17H27N/c1-4-14-9-10-17(18,11-14)12-15-5-7-16(8-6-15)13(2)3/h5-8,13-14H,4,9-12,18H2,1-3H3. The van der Waals surface area contributed by atoms with Crippen molar-refractivity contribution in [1.29, 1.82) is 0 Å². The molecule has 0 heterocycles. The van der Waals surface area contributed by atoms with Crippen molar-refractivity contribution in [2.75, 3.05) is 0 Å². The lowest BCUT2D eigenvalue weighted by Gasteiger charge is -2.24. The van der Waals surface area contributed by atoms with Crippen molar-refractivity contribution in [3.05, 3.63) is 35.4 Å². The van der Waals surface area contributed by atoms with Gasteiger partial charge in [-0.2, -0.15) is 0 Å². The minimum atomic E-state index is 0.0556. The zero-order valence-electron chi connectivity index (χ0n) is 12.1. The molecule has 2 atom stereocenters. The third-order valence-corrected chi connectivity index (χ3v) is 4.53. The van der Waals surface area contributed by atoms with Crippen LogP contribution in [0.15, 0.2) is 24.3 Å². The maximum absolute atomic E-state index is 6.55. The molecule has 0 amide bonds. The molecular weight excluding hydrogens is 218 g/mol. The van der Waals surface area contributed by atoms with E-state index in [1.807, 2.05) is 0 Å². The smallest absolute Gasteiger partial charge is 0.0197 e. The summed E-state index contributed by atoms with van der Waals surface area (Å²) in [7, 11) is 0. The van der Waals surface area contributed by atoms with Crippen molar-refractivity contribution in [3.63, 3.8) is 0 Å². The summed E-state index contributed by atoms with van der Waals surface area (Å²) in [6, 6.07) is 9.05. The average Bonchev–Trinajstić information content (AvgIpc) is 2.71. The lowest BCUT2D eigenvalue weighted by atomic mass is 9.88. The zero-order chi connectivity index (χ0) is 13.2. The molecule has 1 aliphatic rings. The monoisotopic (exact) mass is 245 g/mol. The van der Waals surface area contributed by atoms with E-state index in [9.17, 15) is 0 Å². The highest BCUT2D eigenvalue weighted by molar-refractivity contribution is 5.26. The Morgan fingerprint density at radius 1 is 1.28 bits per heavy atom. The number of nitrogens with two attached hydrogens (primary N) is 1. The molecule has 0 aromatic heterocycles. The first-order chi connectivity index (χ1) is 8.52. The second kappa shape index (κ2) is 5.44. The van der Waals surface area contributed by atoms with Crippen LogP contribution in [-0.2, 0) is 6.42 Å². The summed E-state index contributed by atoms with van der Waals surface area (Å²) in [5.41, 5.74) is 9.43. The molecule has 100 valence electrons. The second-order valence-electron chi connectivity index (χ2n) is 6.45. The number of hydrogen-bond donors (Lipinski definition) is 1. The summed E-state index contributed by atoms with van der Waals surface area (Å²) in [6.45, 7) is 6.76. The van der Waals surface area contributed by atoms with Crippen LogP contribution in [0.25, 0.3) is 0 Å². The van der Waals surface area contributed by atoms with Crippen molar-refractivity contribution < 1.29 is 0 Å². The lowest BCUT2D eigenvalue weighted by Crippen LogP contribution is -2.39. The molecule has 2 rings (SSSR count). The SMILES string of the molecule is CCC1CCC(N)(Cc2ccc(C(C)C)cc2)C1. The van der Waals surface area contributed by atoms with Crippen LogP contribution in [0, 0.1) is 5.92 Å². The van der Waals surface area contributed by atoms with Crippen molar-refractivity contribution in [2.45, 2.75) is 64.3 Å². The summed E-state index contributed by atoms with van der Waals surface area (Å²) in [5, 5.41) is 0. The van der Waals surface area contributed by atoms with Gasteiger partial charge in [0.2, 0.25) is 0 Å². The molecule has 2 N–H and O–H groups in total. The molecule has 1 aromatic carbocycles. The fraction of sp³-hybridized carbons (Fsp3) is 0.647. The molecule has 0 aliphatic heterocycles. The van der Waals surface area contributed by atoms with E-state index in [4.69, 9.17) is 5.73 Å². The predicted octanol–water partition coefficient (Wildman–Crippen LogP) is 4.26. The lowest BCUT2D eigenvalue weighted by molar-refractivity contribution is 0.407. The topological polar surface area (TPSA) is 26.0 Å². The second-order valence-corrected chi connectivity index (χ2v) is 6.45. The van der Waals surface area contributed by atoms with E-state index in [0.29, 0.717) is 5.92 Å². The molecule has 18 heavy (non-hydrogen) atoms. The molecule has 0 spiro atoms. The molecule has 0 saturated heterocycles. The van der Waals surface area contributed by atoms with E-state index >= 15 is 0 Å². The van der Waals surface area contributed by atoms with Crippen LogP contribution in [0.4, 0.5) is 0 Å². The first-order valence-electron chi connectivity index (χ1n) is 7.40. The highest BCUT2D eigenvalue weighted by Crippen LogP contribution is 2.36. The van der Waals surface area contributed by atoms with E-state index in [2.05, 4.69) is 45.0 Å². The van der Waals surface area contributed by atoms with Crippen molar-refractivity contribution in [1.82, 2.24) is 0 Å². The van der Waals surface area contributed by atoms with Gasteiger partial charge in [0, 0.05) is 5.54 Å². The molecule has 1 heteroatoms. The largest absolute Gasteiger partial charge is 0.325 e. The predicted molar refractivity (Wildman–Crippen MR) is 78.8 cm³/mol. The Balaban J connectivity index is 2.01. The third kappa shape index (κ3) is 3.14. The van der Waals surface area contributed by atoms with Gasteiger partial charge in [-0.15, -0.1) is 0 Å². The Kier molecular flexibility index (Phi) is 4.11. The Morgan fingerprint density at radius 3 is 2.44 bits per heavy atom. The summed E-state index contributed by atoms with van der Waals surface area (Å²) < 4.78 is 0. The Labute approximate surface area is 112 Å². The number of rotatable bonds is 4. The van der Waals surface area contributed by atoms with Gasteiger partial charge in [0.05, 0.1) is 0 Å². The maximum atomic E-state index is 6.55. The molecule has 0 radical (unpaired) electrons. The highest BCUT2D eigenvalue weighted by atomic mass is 14.8. The Hall–Kier alpha value is -0.820. The fourth-order valence-corrected chi connectivity index (χ4v) is 3.21. The quantitative estimate of drug-likeness (QED) is 0.842. The van der Waals surface area contributed by atoms with Gasteiger partial charge < -0.3 is 5.73 Å². The van der Waals surface area contributed by atoms with E-state index < -0.39 is 0 Å². The van der Waals surface area contributed by atoms with E-state index in [0.717, 1.165) is 12.3 Å². The van der Waals surface area contributed by atoms with E-state index in [-0.39, 0.29) is 5.54 Å². The van der Waals surface area contributed by atoms with Gasteiger partial charge in [-0.25, -0.2) is 0 Å². The molecule has 1 saturated carbocycles. The fourth-order valence-electron chi connectivity index (χ4n) is 3.21. The minimum absolute atomic E-state index is 0.0556. The van der Waals surface area contributed by atoms with Gasteiger partial charge in [0.15, 0.2) is 0 Å². The van der Waals surface area contributed by atoms with E-state index in [1.165, 1.54) is 36.8 Å². The molecule has 1 aromatic rings. The normalized spacial score (nSPS) is 27.9. The average molecular weight is 245 g/mol. The van der Waals surface area contributed by atoms with Crippen molar-refractivity contribution in [3.8, 4) is 0 Å². The van der Waals surface area contributed by atoms with Crippen LogP contribution >= 0.6 is 0 Å². The first kappa shape index (κ1) is 13.6. The van der Waals surface area contributed by atoms with Crippen LogP contribution in [-0.4, -0.2) is 5.54 Å². The van der Waals surface area contributed by atoms with Crippen molar-refractivity contribution >= 4 is 0 Å². The molecule has 1 aliphatic carbocycles. The number of hydrogen-bond acceptors (Lipinski definition) is 1. The van der Waals surface area contributed by atoms with Crippen LogP contribution in [0.5, 0.6) is 0 Å². The number of benzene rings is 1. The van der Waals surface area contributed by atoms with Gasteiger partial charge in [0.1, 0.15) is 0 Å². The Morgan fingerprint density at radius 2 is 1.94 bits per heavy atom. The summed E-state index contributed by atoms with van der Waals surface area (Å²) in [5.74, 6) is 1.46. The van der Waals surface area contributed by atoms with Gasteiger partial charge in [0.25, 0.3) is 0 Å². The molecule has 2 unspecified atom stereocenters. The molecule has 1 nitrogen and oxygen atoms in total. The van der Waals surface area contributed by atoms with Crippen LogP contribution in [0.1, 0.15) is 63.5 Å². The maximum Gasteiger partial charge on any atom is 0.0197 e. The van der Waals surface area contributed by atoms with E-state index in [1.54, 1.807) is 0 Å². The summed E-state index contributed by atoms with van der Waals surface area (Å²) >= 11 is 0. The third-order valence-electron chi connectivity index (χ3n) is 4.53. The molecule has 0 bridgehead atoms. The van der Waals surface area contributed by atoms with Crippen LogP contribution in [0.2, 0.25) is 0 Å². The molecule has 1 fully saturated rings. The Bertz CT molecular complexity index is 379. The first-order valence-corrected chi connectivity index (χ1v) is 7.40. The minimum Gasteiger partial charge on any atom is -0.325 e. The van der Waals surface area contributed by atoms with Gasteiger partial charge in [-0.05, 0) is 48.6 Å². The van der Waals surface area contributed by atoms with Gasteiger partial charge >= 0.3 is 0 Å². The zero-order valence-corrected chi connectivity index (χ0v) is 12.1. The van der Waals surface area contributed by atoms with Gasteiger partial charge in [-0.1, -0.05) is 51.5 Å². The summed E-state index contributed by atoms with van der Waals surface area (Å²) in [4.78, 5) is 0. The van der Waals surface area contributed by atoms with Gasteiger partial charge in [-0.3, -0.25) is 0 Å². The summed E-state index contributed by atoms with van der Waals surface area (Å²) in [6.07, 6.45) is 6.04. The van der Waals surface area contributed by atoms with Crippen LogP contribution in [0.3, 0.4) is 0 Å². The van der Waals surface area contributed by atoms with Crippen molar-refractivity contribution in [2.24, 2.45) is 11.7 Å². The van der Waals surface area contributed by atoms with Crippen LogP contribution < -0.4 is 5.73 Å².